The average molecular weight is 447 g/mol. The number of carbonyl (C=O) groups is 2. The molecule has 0 aliphatic carbocycles. The third-order valence-corrected chi connectivity index (χ3v) is 4.85. The molecule has 0 unspecified atom stereocenters. The van der Waals surface area contributed by atoms with Crippen molar-refractivity contribution in [3.63, 3.8) is 0 Å². The molecule has 7 nitrogen and oxygen atoms in total. The third kappa shape index (κ3) is 3.72. The Morgan fingerprint density at radius 3 is 2.59 bits per heavy atom. The molecule has 1 aliphatic rings. The van der Waals surface area contributed by atoms with Crippen LogP contribution in [0.5, 0.6) is 0 Å². The number of amides is 2. The summed E-state index contributed by atoms with van der Waals surface area (Å²) in [5, 5.41) is 10.4. The van der Waals surface area contributed by atoms with Crippen LogP contribution in [-0.2, 0) is 9.59 Å². The van der Waals surface area contributed by atoms with Gasteiger partial charge in [-0.2, -0.15) is 4.98 Å². The van der Waals surface area contributed by atoms with Gasteiger partial charge in [0.2, 0.25) is 11.9 Å². The number of rotatable bonds is 4. The standard InChI is InChI=1S/C18H13BrClN5O2/c19-11-3-7-13(8-4-11)21-15(26)9-14-17(27)23-18-22-16(24-25(14)18)10-1-5-12(20)6-2-10/h1-8,14H,9H2,(H,21,26)(H,22,23,24,27)/t14-/m0/s1. The van der Waals surface area contributed by atoms with Gasteiger partial charge in [0.05, 0.1) is 6.42 Å². The lowest BCUT2D eigenvalue weighted by Gasteiger charge is -2.10. The van der Waals surface area contributed by atoms with Crippen molar-refractivity contribution in [1.82, 2.24) is 14.8 Å². The predicted molar refractivity (Wildman–Crippen MR) is 106 cm³/mol. The highest BCUT2D eigenvalue weighted by Gasteiger charge is 2.35. The third-order valence-electron chi connectivity index (χ3n) is 4.07. The van der Waals surface area contributed by atoms with Crippen LogP contribution in [0, 0.1) is 0 Å². The highest BCUT2D eigenvalue weighted by molar-refractivity contribution is 9.10. The van der Waals surface area contributed by atoms with Gasteiger partial charge < -0.3 is 5.32 Å². The predicted octanol–water partition coefficient (Wildman–Crippen LogP) is 3.88. The summed E-state index contributed by atoms with van der Waals surface area (Å²) in [7, 11) is 0. The van der Waals surface area contributed by atoms with Gasteiger partial charge in [0.1, 0.15) is 6.04 Å². The van der Waals surface area contributed by atoms with Crippen LogP contribution in [0.25, 0.3) is 11.4 Å². The lowest BCUT2D eigenvalue weighted by atomic mass is 10.2. The Kier molecular flexibility index (Phi) is 4.67. The molecule has 2 N–H and O–H groups in total. The summed E-state index contributed by atoms with van der Waals surface area (Å²) in [6.45, 7) is 0. The van der Waals surface area contributed by atoms with Gasteiger partial charge in [0.15, 0.2) is 5.82 Å². The maximum absolute atomic E-state index is 12.3. The second-order valence-electron chi connectivity index (χ2n) is 5.97. The zero-order valence-corrected chi connectivity index (χ0v) is 16.2. The summed E-state index contributed by atoms with van der Waals surface area (Å²) < 4.78 is 2.37. The Morgan fingerprint density at radius 2 is 1.89 bits per heavy atom. The first-order chi connectivity index (χ1) is 13.0. The molecule has 0 saturated heterocycles. The summed E-state index contributed by atoms with van der Waals surface area (Å²) in [6, 6.07) is 13.5. The molecule has 2 heterocycles. The van der Waals surface area contributed by atoms with E-state index in [-0.39, 0.29) is 18.2 Å². The number of anilines is 2. The van der Waals surface area contributed by atoms with Crippen molar-refractivity contribution >= 4 is 51.0 Å². The van der Waals surface area contributed by atoms with Crippen molar-refractivity contribution in [3.8, 4) is 11.4 Å². The molecule has 3 aromatic rings. The van der Waals surface area contributed by atoms with Crippen molar-refractivity contribution in [2.24, 2.45) is 0 Å². The maximum atomic E-state index is 12.3. The number of fused-ring (bicyclic) bond motifs is 1. The fraction of sp³-hybridized carbons (Fsp3) is 0.111. The van der Waals surface area contributed by atoms with E-state index in [0.29, 0.717) is 22.5 Å². The Labute approximate surface area is 167 Å². The minimum absolute atomic E-state index is 0.0433. The molecular formula is C18H13BrClN5O2. The van der Waals surface area contributed by atoms with E-state index in [1.807, 2.05) is 12.1 Å². The number of benzene rings is 2. The van der Waals surface area contributed by atoms with Crippen molar-refractivity contribution in [3.05, 3.63) is 58.0 Å². The second kappa shape index (κ2) is 7.13. The molecule has 9 heteroatoms. The van der Waals surface area contributed by atoms with Crippen LogP contribution in [0.1, 0.15) is 12.5 Å². The summed E-state index contributed by atoms with van der Waals surface area (Å²) in [5.74, 6) is 0.193. The first kappa shape index (κ1) is 17.7. The number of hydrogen-bond acceptors (Lipinski definition) is 4. The molecular weight excluding hydrogens is 434 g/mol. The minimum atomic E-state index is -0.746. The Hall–Kier alpha value is -2.71. The molecule has 1 aromatic heterocycles. The van der Waals surface area contributed by atoms with Crippen molar-refractivity contribution in [2.75, 3.05) is 10.6 Å². The van der Waals surface area contributed by atoms with Gasteiger partial charge >= 0.3 is 0 Å². The fourth-order valence-electron chi connectivity index (χ4n) is 2.75. The van der Waals surface area contributed by atoms with E-state index in [9.17, 15) is 9.59 Å². The van der Waals surface area contributed by atoms with Gasteiger partial charge in [-0.05, 0) is 48.5 Å². The zero-order chi connectivity index (χ0) is 19.0. The normalized spacial score (nSPS) is 15.3. The number of aromatic nitrogens is 3. The molecule has 2 aromatic carbocycles. The molecule has 4 rings (SSSR count). The topological polar surface area (TPSA) is 88.9 Å². The first-order valence-electron chi connectivity index (χ1n) is 8.08. The molecule has 0 radical (unpaired) electrons. The Bertz CT molecular complexity index is 1020. The van der Waals surface area contributed by atoms with E-state index >= 15 is 0 Å². The number of nitrogens with zero attached hydrogens (tertiary/aromatic N) is 3. The Balaban J connectivity index is 1.51. The van der Waals surface area contributed by atoms with E-state index in [1.54, 1.807) is 36.4 Å². The largest absolute Gasteiger partial charge is 0.326 e. The maximum Gasteiger partial charge on any atom is 0.252 e. The number of nitrogens with one attached hydrogen (secondary N) is 2. The average Bonchev–Trinajstić information content (AvgIpc) is 3.17. The molecule has 0 spiro atoms. The lowest BCUT2D eigenvalue weighted by Crippen LogP contribution is -2.23. The highest BCUT2D eigenvalue weighted by Crippen LogP contribution is 2.29. The van der Waals surface area contributed by atoms with Gasteiger partial charge in [0.25, 0.3) is 5.91 Å². The monoisotopic (exact) mass is 445 g/mol. The van der Waals surface area contributed by atoms with E-state index in [0.717, 1.165) is 10.0 Å². The summed E-state index contributed by atoms with van der Waals surface area (Å²) in [5.41, 5.74) is 1.43. The van der Waals surface area contributed by atoms with Crippen molar-refractivity contribution in [1.29, 1.82) is 0 Å². The minimum Gasteiger partial charge on any atom is -0.326 e. The first-order valence-corrected chi connectivity index (χ1v) is 9.25. The van der Waals surface area contributed by atoms with E-state index in [2.05, 4.69) is 36.6 Å². The summed E-state index contributed by atoms with van der Waals surface area (Å²) >= 11 is 9.24. The molecule has 0 fully saturated rings. The number of halogens is 2. The van der Waals surface area contributed by atoms with Crippen LogP contribution >= 0.6 is 27.5 Å². The van der Waals surface area contributed by atoms with Crippen LogP contribution in [0.4, 0.5) is 11.6 Å². The van der Waals surface area contributed by atoms with Crippen molar-refractivity contribution < 1.29 is 9.59 Å². The molecule has 2 amide bonds. The quantitative estimate of drug-likeness (QED) is 0.636. The zero-order valence-electron chi connectivity index (χ0n) is 13.8. The second-order valence-corrected chi connectivity index (χ2v) is 7.33. The fourth-order valence-corrected chi connectivity index (χ4v) is 3.14. The lowest BCUT2D eigenvalue weighted by molar-refractivity contribution is -0.123. The molecule has 0 saturated carbocycles. The van der Waals surface area contributed by atoms with Gasteiger partial charge in [0, 0.05) is 20.7 Å². The number of hydrogen-bond donors (Lipinski definition) is 2. The van der Waals surface area contributed by atoms with E-state index < -0.39 is 6.04 Å². The number of carbonyl (C=O) groups excluding carboxylic acids is 2. The van der Waals surface area contributed by atoms with Crippen LogP contribution in [-0.4, -0.2) is 26.6 Å². The Morgan fingerprint density at radius 1 is 1.19 bits per heavy atom. The molecule has 27 heavy (non-hydrogen) atoms. The SMILES string of the molecule is O=C(C[C@H]1C(=O)Nc2nc(-c3ccc(Cl)cc3)nn21)Nc1ccc(Br)cc1. The molecule has 136 valence electrons. The summed E-state index contributed by atoms with van der Waals surface area (Å²) in [4.78, 5) is 28.9. The van der Waals surface area contributed by atoms with Gasteiger partial charge in [-0.3, -0.25) is 14.9 Å². The van der Waals surface area contributed by atoms with Gasteiger partial charge in [-0.15, -0.1) is 5.10 Å². The van der Waals surface area contributed by atoms with E-state index in [1.165, 1.54) is 4.68 Å². The smallest absolute Gasteiger partial charge is 0.252 e. The summed E-state index contributed by atoms with van der Waals surface area (Å²) in [6.07, 6.45) is -0.0433. The van der Waals surface area contributed by atoms with Gasteiger partial charge in [-0.25, -0.2) is 4.68 Å². The molecule has 1 atom stereocenters. The molecule has 0 bridgehead atoms. The highest BCUT2D eigenvalue weighted by atomic mass is 79.9. The molecule has 1 aliphatic heterocycles. The van der Waals surface area contributed by atoms with Crippen LogP contribution in [0.15, 0.2) is 53.0 Å². The van der Waals surface area contributed by atoms with E-state index in [4.69, 9.17) is 11.6 Å². The van der Waals surface area contributed by atoms with Crippen LogP contribution in [0.2, 0.25) is 5.02 Å². The van der Waals surface area contributed by atoms with Gasteiger partial charge in [-0.1, -0.05) is 27.5 Å². The van der Waals surface area contributed by atoms with Crippen LogP contribution < -0.4 is 10.6 Å². The van der Waals surface area contributed by atoms with Crippen LogP contribution in [0.3, 0.4) is 0 Å². The van der Waals surface area contributed by atoms with Crippen molar-refractivity contribution in [2.45, 2.75) is 12.5 Å².